The van der Waals surface area contributed by atoms with Crippen LogP contribution in [0, 0.1) is 0 Å². The van der Waals surface area contributed by atoms with E-state index in [2.05, 4.69) is 5.32 Å². The summed E-state index contributed by atoms with van der Waals surface area (Å²) < 4.78 is 2.77. The first-order valence-electron chi connectivity index (χ1n) is 8.05. The van der Waals surface area contributed by atoms with Crippen molar-refractivity contribution in [3.63, 3.8) is 0 Å². The number of amides is 2. The van der Waals surface area contributed by atoms with Gasteiger partial charge in [0.15, 0.2) is 0 Å². The van der Waals surface area contributed by atoms with Crippen LogP contribution in [0.5, 0.6) is 0 Å². The molecular weight excluding hydrogens is 455 g/mol. The van der Waals surface area contributed by atoms with Gasteiger partial charge in [-0.2, -0.15) is 0 Å². The third-order valence-corrected chi connectivity index (χ3v) is 7.05. The molecule has 1 N–H and O–H groups in total. The topological polar surface area (TPSA) is 75.7 Å². The molecule has 6 nitrogen and oxygen atoms in total. The van der Waals surface area contributed by atoms with Crippen LogP contribution in [0.15, 0.2) is 17.5 Å². The molecule has 1 aromatic heterocycles. The van der Waals surface area contributed by atoms with E-state index in [1.54, 1.807) is 0 Å². The second-order valence-electron chi connectivity index (χ2n) is 6.78. The fourth-order valence-corrected chi connectivity index (χ4v) is 5.64. The molecule has 0 saturated carbocycles. The van der Waals surface area contributed by atoms with Crippen LogP contribution >= 0.6 is 57.9 Å². The Morgan fingerprint density at radius 1 is 1.37 bits per heavy atom. The van der Waals surface area contributed by atoms with Gasteiger partial charge in [-0.15, -0.1) is 23.1 Å². The zero-order valence-corrected chi connectivity index (χ0v) is 18.3. The average molecular weight is 472 g/mol. The largest absolute Gasteiger partial charge is 0.460 e. The Morgan fingerprint density at radius 3 is 2.67 bits per heavy atom. The molecule has 0 aliphatic carbocycles. The summed E-state index contributed by atoms with van der Waals surface area (Å²) >= 11 is 19.8. The highest BCUT2D eigenvalue weighted by molar-refractivity contribution is 8.01. The lowest BCUT2D eigenvalue weighted by atomic mass is 9.96. The highest BCUT2D eigenvalue weighted by Crippen LogP contribution is 2.51. The molecule has 2 unspecified atom stereocenters. The molecule has 3 heterocycles. The number of carbonyl (C=O) groups excluding carboxylic acids is 3. The molecule has 2 aliphatic rings. The van der Waals surface area contributed by atoms with E-state index in [-0.39, 0.29) is 23.6 Å². The van der Waals surface area contributed by atoms with Gasteiger partial charge in [-0.1, -0.05) is 40.9 Å². The van der Waals surface area contributed by atoms with E-state index in [1.807, 2.05) is 31.4 Å². The van der Waals surface area contributed by atoms with Crippen molar-refractivity contribution >= 4 is 75.7 Å². The lowest BCUT2D eigenvalue weighted by Gasteiger charge is -2.44. The van der Waals surface area contributed by atoms with Crippen LogP contribution in [-0.4, -0.2) is 55.3 Å². The molecule has 2 fully saturated rings. The number of β-lactam (4-membered cyclic amide) rings is 1. The fourth-order valence-electron chi connectivity index (χ4n) is 3.15. The number of hydrogen-bond donors (Lipinski definition) is 1. The predicted octanol–water partition coefficient (Wildman–Crippen LogP) is 2.75. The van der Waals surface area contributed by atoms with Gasteiger partial charge in [-0.25, -0.2) is 4.79 Å². The molecule has 2 aliphatic heterocycles. The molecular formula is C16H17Cl3N2O4S2. The van der Waals surface area contributed by atoms with Crippen molar-refractivity contribution in [1.82, 2.24) is 10.2 Å². The molecule has 148 valence electrons. The van der Waals surface area contributed by atoms with Gasteiger partial charge in [0.25, 0.3) is 0 Å². The van der Waals surface area contributed by atoms with Crippen molar-refractivity contribution in [1.29, 1.82) is 0 Å². The molecule has 3 rings (SSSR count). The van der Waals surface area contributed by atoms with Gasteiger partial charge in [0.1, 0.15) is 24.1 Å². The third kappa shape index (κ3) is 4.50. The summed E-state index contributed by atoms with van der Waals surface area (Å²) in [7, 11) is 0. The molecule has 0 aromatic carbocycles. The van der Waals surface area contributed by atoms with Crippen molar-refractivity contribution in [2.75, 3.05) is 6.61 Å². The normalized spacial score (nSPS) is 26.3. The van der Waals surface area contributed by atoms with Crippen LogP contribution in [-0.2, 0) is 25.5 Å². The zero-order valence-electron chi connectivity index (χ0n) is 14.4. The van der Waals surface area contributed by atoms with Crippen LogP contribution < -0.4 is 5.32 Å². The Bertz CT molecular complexity index is 751. The van der Waals surface area contributed by atoms with Crippen LogP contribution in [0.25, 0.3) is 0 Å². The number of rotatable bonds is 5. The van der Waals surface area contributed by atoms with Gasteiger partial charge in [0.2, 0.25) is 15.6 Å². The Morgan fingerprint density at radius 2 is 2.07 bits per heavy atom. The maximum Gasteiger partial charge on any atom is 0.330 e. The fraction of sp³-hybridized carbons (Fsp3) is 0.562. The van der Waals surface area contributed by atoms with Gasteiger partial charge >= 0.3 is 5.97 Å². The number of esters is 1. The number of alkyl halides is 3. The number of nitrogens with one attached hydrogen (secondary N) is 1. The van der Waals surface area contributed by atoms with Crippen molar-refractivity contribution in [2.45, 2.75) is 46.3 Å². The van der Waals surface area contributed by atoms with Gasteiger partial charge in [0.05, 0.1) is 6.42 Å². The van der Waals surface area contributed by atoms with E-state index >= 15 is 0 Å². The van der Waals surface area contributed by atoms with E-state index in [1.165, 1.54) is 28.0 Å². The maximum absolute atomic E-state index is 12.6. The Labute approximate surface area is 179 Å². The second-order valence-corrected chi connectivity index (χ2v) is 12.1. The van der Waals surface area contributed by atoms with Crippen LogP contribution in [0.2, 0.25) is 0 Å². The number of thiophene rings is 1. The van der Waals surface area contributed by atoms with Crippen molar-refractivity contribution in [3.8, 4) is 0 Å². The van der Waals surface area contributed by atoms with Crippen molar-refractivity contribution in [3.05, 3.63) is 22.4 Å². The number of carbonyl (C=O) groups is 3. The molecule has 0 bridgehead atoms. The number of nitrogens with zero attached hydrogens (tertiary/aromatic N) is 1. The first kappa shape index (κ1) is 21.0. The molecule has 27 heavy (non-hydrogen) atoms. The number of hydrogen-bond acceptors (Lipinski definition) is 6. The Hall–Kier alpha value is -0.670. The SMILES string of the molecule is CC1(C)S[C@@H]2C(NC(=O)Cc3cccs3)C(=O)N2C1C(=O)OCC(Cl)(Cl)Cl. The number of fused-ring (bicyclic) bond motifs is 1. The lowest BCUT2D eigenvalue weighted by Crippen LogP contribution is -2.70. The molecule has 11 heteroatoms. The summed E-state index contributed by atoms with van der Waals surface area (Å²) in [6.45, 7) is 3.28. The van der Waals surface area contributed by atoms with Crippen LogP contribution in [0.4, 0.5) is 0 Å². The number of halogens is 3. The zero-order chi connectivity index (χ0) is 20.0. The minimum atomic E-state index is -1.72. The summed E-state index contributed by atoms with van der Waals surface area (Å²) in [5.74, 6) is -1.16. The predicted molar refractivity (Wildman–Crippen MR) is 107 cm³/mol. The Balaban J connectivity index is 1.64. The quantitative estimate of drug-likeness (QED) is 0.406. The number of ether oxygens (including phenoxy) is 1. The minimum absolute atomic E-state index is 0.219. The summed E-state index contributed by atoms with van der Waals surface area (Å²) in [6, 6.07) is 2.26. The molecule has 2 saturated heterocycles. The van der Waals surface area contributed by atoms with Gasteiger partial charge < -0.3 is 15.0 Å². The minimum Gasteiger partial charge on any atom is -0.460 e. The summed E-state index contributed by atoms with van der Waals surface area (Å²) in [5.41, 5.74) is 0. The third-order valence-electron chi connectivity index (χ3n) is 4.27. The monoisotopic (exact) mass is 470 g/mol. The van der Waals surface area contributed by atoms with Crippen molar-refractivity contribution in [2.24, 2.45) is 0 Å². The molecule has 0 radical (unpaired) electrons. The smallest absolute Gasteiger partial charge is 0.330 e. The first-order chi connectivity index (χ1) is 12.5. The van der Waals surface area contributed by atoms with E-state index < -0.39 is 33.2 Å². The van der Waals surface area contributed by atoms with Gasteiger partial charge in [0, 0.05) is 9.62 Å². The van der Waals surface area contributed by atoms with E-state index in [4.69, 9.17) is 39.5 Å². The maximum atomic E-state index is 12.6. The standard InChI is InChI=1S/C16H17Cl3N2O4S2/c1-15(2)11(14(24)25-7-16(17,18)19)21-12(23)10(13(21)27-15)20-9(22)6-8-4-3-5-26-8/h3-5,10-11,13H,6-7H2,1-2H3,(H,20,22)/t10?,11?,13-/m1/s1. The van der Waals surface area contributed by atoms with E-state index in [0.29, 0.717) is 0 Å². The van der Waals surface area contributed by atoms with Crippen LogP contribution in [0.3, 0.4) is 0 Å². The van der Waals surface area contributed by atoms with E-state index in [0.717, 1.165) is 4.88 Å². The highest BCUT2D eigenvalue weighted by Gasteiger charge is 2.64. The summed E-state index contributed by atoms with van der Waals surface area (Å²) in [6.07, 6.45) is 0.219. The van der Waals surface area contributed by atoms with Gasteiger partial charge in [-0.05, 0) is 25.3 Å². The average Bonchev–Trinajstić information content (AvgIpc) is 3.13. The molecule has 3 atom stereocenters. The lowest BCUT2D eigenvalue weighted by molar-refractivity contribution is -0.164. The molecule has 1 aromatic rings. The molecule has 2 amide bonds. The van der Waals surface area contributed by atoms with Crippen molar-refractivity contribution < 1.29 is 19.1 Å². The number of thioether (sulfide) groups is 1. The van der Waals surface area contributed by atoms with Gasteiger partial charge in [-0.3, -0.25) is 9.59 Å². The highest BCUT2D eigenvalue weighted by atomic mass is 35.6. The van der Waals surface area contributed by atoms with Crippen LogP contribution in [0.1, 0.15) is 18.7 Å². The summed E-state index contributed by atoms with van der Waals surface area (Å²) in [5, 5.41) is 4.33. The summed E-state index contributed by atoms with van der Waals surface area (Å²) in [4.78, 5) is 39.7. The first-order valence-corrected chi connectivity index (χ1v) is 10.9. The second kappa shape index (κ2) is 7.63. The Kier molecular flexibility index (Phi) is 5.95. The van der Waals surface area contributed by atoms with E-state index in [9.17, 15) is 14.4 Å². The molecule has 0 spiro atoms.